The predicted molar refractivity (Wildman–Crippen MR) is 141 cm³/mol. The number of rotatable bonds is 6. The summed E-state index contributed by atoms with van der Waals surface area (Å²) >= 11 is 0. The van der Waals surface area contributed by atoms with Crippen molar-refractivity contribution in [3.63, 3.8) is 0 Å². The highest BCUT2D eigenvalue weighted by Crippen LogP contribution is 2.27. The van der Waals surface area contributed by atoms with Crippen LogP contribution in [0.4, 0.5) is 20.3 Å². The van der Waals surface area contributed by atoms with Gasteiger partial charge in [0.1, 0.15) is 23.1 Å². The van der Waals surface area contributed by atoms with Gasteiger partial charge in [-0.05, 0) is 45.6 Å². The molecule has 1 amide bonds. The quantitative estimate of drug-likeness (QED) is 0.529. The normalized spacial score (nSPS) is 18.8. The van der Waals surface area contributed by atoms with Gasteiger partial charge in [-0.2, -0.15) is 0 Å². The summed E-state index contributed by atoms with van der Waals surface area (Å²) in [5, 5.41) is 3.11. The first-order chi connectivity index (χ1) is 18.2. The first kappa shape index (κ1) is 26.1. The lowest BCUT2D eigenvalue weighted by Gasteiger charge is -2.28. The standard InChI is InChI=1S/C27H32F2N6O3/c1-17(30-21-12-19(28)11-20(29)13-21)23-10-18(27(37)34-5-4-22(16-34)32(2)3)15-35-25(36)14-24(31-26(23)35)33-6-8-38-9-7-33/h10-15,17,22,30H,4-9,16H2,1-3H3/t17?,22-/m1/s1. The molecule has 3 aromatic rings. The minimum Gasteiger partial charge on any atom is -0.378 e. The van der Waals surface area contributed by atoms with Crippen LogP contribution in [-0.4, -0.2) is 84.6 Å². The number of likely N-dealkylation sites (tertiary alicyclic amines) is 1. The number of nitrogens with zero attached hydrogens (tertiary/aromatic N) is 5. The first-order valence-corrected chi connectivity index (χ1v) is 12.8. The van der Waals surface area contributed by atoms with Crippen molar-refractivity contribution < 1.29 is 18.3 Å². The Morgan fingerprint density at radius 2 is 1.82 bits per heavy atom. The summed E-state index contributed by atoms with van der Waals surface area (Å²) in [6, 6.07) is 6.12. The number of likely N-dealkylation sites (N-methyl/N-ethyl adjacent to an activating group) is 1. The van der Waals surface area contributed by atoms with E-state index in [9.17, 15) is 18.4 Å². The summed E-state index contributed by atoms with van der Waals surface area (Å²) in [6.45, 7) is 5.30. The predicted octanol–water partition coefficient (Wildman–Crippen LogP) is 2.76. The molecule has 1 N–H and O–H groups in total. The minimum atomic E-state index is -0.707. The van der Waals surface area contributed by atoms with Crippen molar-refractivity contribution in [3.05, 3.63) is 69.6 Å². The molecule has 0 spiro atoms. The third kappa shape index (κ3) is 5.34. The molecule has 11 heteroatoms. The highest BCUT2D eigenvalue weighted by Gasteiger charge is 2.29. The Balaban J connectivity index is 1.58. The van der Waals surface area contributed by atoms with Gasteiger partial charge < -0.3 is 24.8 Å². The molecule has 0 saturated carbocycles. The van der Waals surface area contributed by atoms with Crippen LogP contribution in [0, 0.1) is 11.6 Å². The molecule has 38 heavy (non-hydrogen) atoms. The fourth-order valence-corrected chi connectivity index (χ4v) is 5.10. The fraction of sp³-hybridized carbons (Fsp3) is 0.444. The van der Waals surface area contributed by atoms with E-state index in [1.54, 1.807) is 17.9 Å². The SMILES string of the molecule is CC(Nc1cc(F)cc(F)c1)c1cc(C(=O)N2CC[C@@H](N(C)C)C2)cn2c(=O)cc(N3CCOCC3)nc12. The van der Waals surface area contributed by atoms with Crippen LogP contribution in [0.2, 0.25) is 0 Å². The number of morpholine rings is 1. The summed E-state index contributed by atoms with van der Waals surface area (Å²) in [7, 11) is 3.99. The van der Waals surface area contributed by atoms with Crippen molar-refractivity contribution in [2.24, 2.45) is 0 Å². The van der Waals surface area contributed by atoms with E-state index < -0.39 is 17.7 Å². The molecule has 2 fully saturated rings. The molecule has 1 unspecified atom stereocenters. The molecule has 5 rings (SSSR count). The maximum absolute atomic E-state index is 13.9. The summed E-state index contributed by atoms with van der Waals surface area (Å²) in [6.07, 6.45) is 2.41. The van der Waals surface area contributed by atoms with Crippen molar-refractivity contribution in [2.45, 2.75) is 25.4 Å². The van der Waals surface area contributed by atoms with Crippen LogP contribution in [0.1, 0.15) is 35.3 Å². The summed E-state index contributed by atoms with van der Waals surface area (Å²) in [5.41, 5.74) is 1.22. The van der Waals surface area contributed by atoms with Crippen molar-refractivity contribution >= 4 is 23.1 Å². The Labute approximate surface area is 219 Å². The molecule has 2 aliphatic heterocycles. The van der Waals surface area contributed by atoms with Gasteiger partial charge >= 0.3 is 0 Å². The van der Waals surface area contributed by atoms with Gasteiger partial charge in [0.05, 0.1) is 24.8 Å². The van der Waals surface area contributed by atoms with Crippen LogP contribution in [0.5, 0.6) is 0 Å². The Kier molecular flexibility index (Phi) is 7.31. The van der Waals surface area contributed by atoms with Gasteiger partial charge in [0, 0.05) is 61.8 Å². The Hall–Kier alpha value is -3.57. The van der Waals surface area contributed by atoms with Crippen molar-refractivity contribution in [1.29, 1.82) is 0 Å². The van der Waals surface area contributed by atoms with Crippen molar-refractivity contribution in [3.8, 4) is 0 Å². The molecule has 202 valence electrons. The third-order valence-corrected chi connectivity index (χ3v) is 7.25. The molecule has 1 aromatic carbocycles. The largest absolute Gasteiger partial charge is 0.378 e. The number of pyridine rings is 1. The van der Waals surface area contributed by atoms with Crippen LogP contribution in [0.3, 0.4) is 0 Å². The lowest BCUT2D eigenvalue weighted by molar-refractivity contribution is 0.0782. The molecule has 9 nitrogen and oxygen atoms in total. The van der Waals surface area contributed by atoms with E-state index >= 15 is 0 Å². The molecule has 0 bridgehead atoms. The second-order valence-corrected chi connectivity index (χ2v) is 10.1. The minimum absolute atomic E-state index is 0.175. The number of hydrogen-bond acceptors (Lipinski definition) is 7. The monoisotopic (exact) mass is 526 g/mol. The van der Waals surface area contributed by atoms with Gasteiger partial charge in [0.25, 0.3) is 11.5 Å². The van der Waals surface area contributed by atoms with Gasteiger partial charge in [-0.15, -0.1) is 0 Å². The van der Waals surface area contributed by atoms with Crippen LogP contribution in [0.25, 0.3) is 5.65 Å². The van der Waals surface area contributed by atoms with Gasteiger partial charge in [0.15, 0.2) is 0 Å². The molecule has 0 aliphatic carbocycles. The maximum atomic E-state index is 13.9. The number of hydrogen-bond donors (Lipinski definition) is 1. The zero-order valence-corrected chi connectivity index (χ0v) is 21.8. The average Bonchev–Trinajstić information content (AvgIpc) is 3.38. The van der Waals surface area contributed by atoms with Gasteiger partial charge in [-0.3, -0.25) is 14.0 Å². The van der Waals surface area contributed by atoms with E-state index in [2.05, 4.69) is 10.2 Å². The van der Waals surface area contributed by atoms with E-state index in [1.165, 1.54) is 28.8 Å². The number of benzene rings is 1. The Morgan fingerprint density at radius 1 is 1.11 bits per heavy atom. The number of nitrogens with one attached hydrogen (secondary N) is 1. The second kappa shape index (κ2) is 10.7. The number of ether oxygens (including phenoxy) is 1. The highest BCUT2D eigenvalue weighted by molar-refractivity contribution is 5.95. The number of halogens is 2. The maximum Gasteiger partial charge on any atom is 0.259 e. The summed E-state index contributed by atoms with van der Waals surface area (Å²) in [4.78, 5) is 37.5. The number of carbonyl (C=O) groups excluding carboxylic acids is 1. The zero-order valence-electron chi connectivity index (χ0n) is 21.8. The van der Waals surface area contributed by atoms with Crippen molar-refractivity contribution in [2.75, 3.05) is 63.7 Å². The molecule has 2 aromatic heterocycles. The molecular formula is C27H32F2N6O3. The van der Waals surface area contributed by atoms with E-state index in [4.69, 9.17) is 9.72 Å². The van der Waals surface area contributed by atoms with E-state index in [0.717, 1.165) is 12.5 Å². The third-order valence-electron chi connectivity index (χ3n) is 7.25. The second-order valence-electron chi connectivity index (χ2n) is 10.1. The zero-order chi connectivity index (χ0) is 27.0. The molecule has 2 atom stereocenters. The first-order valence-electron chi connectivity index (χ1n) is 12.8. The number of carbonyl (C=O) groups is 1. The fourth-order valence-electron chi connectivity index (χ4n) is 5.10. The molecule has 0 radical (unpaired) electrons. The number of amides is 1. The van der Waals surface area contributed by atoms with Crippen LogP contribution in [0.15, 0.2) is 41.3 Å². The molecule has 4 heterocycles. The molecule has 2 saturated heterocycles. The topological polar surface area (TPSA) is 82.4 Å². The Bertz CT molecular complexity index is 1390. The van der Waals surface area contributed by atoms with Crippen LogP contribution >= 0.6 is 0 Å². The molecule has 2 aliphatic rings. The Morgan fingerprint density at radius 3 is 2.47 bits per heavy atom. The van der Waals surface area contributed by atoms with Gasteiger partial charge in [0.2, 0.25) is 0 Å². The number of fused-ring (bicyclic) bond motifs is 1. The molecular weight excluding hydrogens is 494 g/mol. The van der Waals surface area contributed by atoms with E-state index in [0.29, 0.717) is 62.0 Å². The number of anilines is 2. The van der Waals surface area contributed by atoms with Crippen LogP contribution in [-0.2, 0) is 4.74 Å². The van der Waals surface area contributed by atoms with Gasteiger partial charge in [-0.1, -0.05) is 0 Å². The van der Waals surface area contributed by atoms with Crippen LogP contribution < -0.4 is 15.8 Å². The number of aromatic nitrogens is 2. The lowest BCUT2D eigenvalue weighted by Crippen LogP contribution is -2.38. The lowest BCUT2D eigenvalue weighted by atomic mass is 10.1. The highest BCUT2D eigenvalue weighted by atomic mass is 19.1. The van der Waals surface area contributed by atoms with E-state index in [1.807, 2.05) is 19.0 Å². The smallest absolute Gasteiger partial charge is 0.259 e. The average molecular weight is 527 g/mol. The summed E-state index contributed by atoms with van der Waals surface area (Å²) < 4.78 is 34.6. The van der Waals surface area contributed by atoms with Crippen molar-refractivity contribution in [1.82, 2.24) is 19.2 Å². The van der Waals surface area contributed by atoms with Gasteiger partial charge in [-0.25, -0.2) is 13.8 Å². The summed E-state index contributed by atoms with van der Waals surface area (Å²) in [5.74, 6) is -1.06. The van der Waals surface area contributed by atoms with E-state index in [-0.39, 0.29) is 23.2 Å².